The summed E-state index contributed by atoms with van der Waals surface area (Å²) in [6.07, 6.45) is 2.54. The Balaban J connectivity index is 1.49. The number of nitrogens with one attached hydrogen (secondary N) is 1. The van der Waals surface area contributed by atoms with Crippen LogP contribution in [0.2, 0.25) is 0 Å². The van der Waals surface area contributed by atoms with E-state index in [0.29, 0.717) is 11.7 Å². The molecule has 2 fully saturated rings. The molecule has 0 aromatic carbocycles. The van der Waals surface area contributed by atoms with Gasteiger partial charge in [0.15, 0.2) is 0 Å². The zero-order valence-electron chi connectivity index (χ0n) is 17.3. The second-order valence-corrected chi connectivity index (χ2v) is 8.37. The van der Waals surface area contributed by atoms with Gasteiger partial charge in [0.1, 0.15) is 11.3 Å². The fraction of sp³-hybridized carbons (Fsp3) is 0.650. The number of anilines is 1. The van der Waals surface area contributed by atoms with Gasteiger partial charge in [-0.15, -0.1) is 0 Å². The van der Waals surface area contributed by atoms with Gasteiger partial charge in [-0.3, -0.25) is 9.69 Å². The lowest BCUT2D eigenvalue weighted by Crippen LogP contribution is -2.51. The Hall–Kier alpha value is -2.35. The minimum absolute atomic E-state index is 0.174. The predicted octanol–water partition coefficient (Wildman–Crippen LogP) is 1.57. The summed E-state index contributed by atoms with van der Waals surface area (Å²) < 4.78 is 5.49. The molecule has 1 N–H and O–H groups in total. The molecule has 0 spiro atoms. The molecule has 0 radical (unpaired) electrons. The van der Waals surface area contributed by atoms with Crippen LogP contribution < -0.4 is 10.2 Å². The number of pyridine rings is 1. The van der Waals surface area contributed by atoms with E-state index in [0.717, 1.165) is 51.4 Å². The van der Waals surface area contributed by atoms with Crippen LogP contribution in [-0.4, -0.2) is 84.7 Å². The molecule has 3 rings (SSSR count). The summed E-state index contributed by atoms with van der Waals surface area (Å²) in [6, 6.07) is 4.10. The third kappa shape index (κ3) is 4.92. The van der Waals surface area contributed by atoms with Gasteiger partial charge in [-0.1, -0.05) is 0 Å². The van der Waals surface area contributed by atoms with Crippen LogP contribution in [0.25, 0.3) is 0 Å². The van der Waals surface area contributed by atoms with Gasteiger partial charge in [0.2, 0.25) is 0 Å². The van der Waals surface area contributed by atoms with Gasteiger partial charge in [0, 0.05) is 52.4 Å². The maximum absolute atomic E-state index is 12.3. The molecule has 2 aliphatic rings. The number of hydrogen-bond acceptors (Lipinski definition) is 6. The van der Waals surface area contributed by atoms with E-state index in [9.17, 15) is 9.59 Å². The topological polar surface area (TPSA) is 78.0 Å². The van der Waals surface area contributed by atoms with Crippen LogP contribution in [0.3, 0.4) is 0 Å². The van der Waals surface area contributed by atoms with Gasteiger partial charge < -0.3 is 19.9 Å². The molecule has 2 saturated heterocycles. The van der Waals surface area contributed by atoms with E-state index in [4.69, 9.17) is 4.74 Å². The smallest absolute Gasteiger partial charge is 0.410 e. The van der Waals surface area contributed by atoms with Gasteiger partial charge in [0.25, 0.3) is 5.91 Å². The fourth-order valence-electron chi connectivity index (χ4n) is 3.71. The Morgan fingerprint density at radius 2 is 1.86 bits per heavy atom. The number of hydrogen-bond donors (Lipinski definition) is 1. The van der Waals surface area contributed by atoms with Crippen molar-refractivity contribution in [2.24, 2.45) is 0 Å². The molecule has 2 amide bonds. The molecule has 0 aliphatic carbocycles. The van der Waals surface area contributed by atoms with E-state index in [-0.39, 0.29) is 12.0 Å². The molecule has 0 saturated carbocycles. The summed E-state index contributed by atoms with van der Waals surface area (Å²) in [5, 5.41) is 2.58. The van der Waals surface area contributed by atoms with Gasteiger partial charge in [-0.2, -0.15) is 0 Å². The van der Waals surface area contributed by atoms with E-state index >= 15 is 0 Å². The molecule has 28 heavy (non-hydrogen) atoms. The normalized spacial score (nSPS) is 20.9. The zero-order valence-corrected chi connectivity index (χ0v) is 17.3. The van der Waals surface area contributed by atoms with Gasteiger partial charge >= 0.3 is 6.09 Å². The van der Waals surface area contributed by atoms with E-state index < -0.39 is 5.60 Å². The highest BCUT2D eigenvalue weighted by Crippen LogP contribution is 2.22. The van der Waals surface area contributed by atoms with Crippen LogP contribution in [-0.2, 0) is 4.74 Å². The first-order valence-electron chi connectivity index (χ1n) is 9.92. The average Bonchev–Trinajstić information content (AvgIpc) is 3.17. The molecule has 8 nitrogen and oxygen atoms in total. The number of piperazine rings is 1. The lowest BCUT2D eigenvalue weighted by Gasteiger charge is -2.39. The van der Waals surface area contributed by atoms with Crippen LogP contribution in [0.15, 0.2) is 18.3 Å². The molecule has 1 atom stereocenters. The molecular formula is C20H31N5O3. The highest BCUT2D eigenvalue weighted by molar-refractivity contribution is 5.92. The van der Waals surface area contributed by atoms with Crippen molar-refractivity contribution in [1.29, 1.82) is 0 Å². The molecule has 2 aliphatic heterocycles. The van der Waals surface area contributed by atoms with Crippen molar-refractivity contribution in [2.75, 3.05) is 51.2 Å². The standard InChI is InChI=1S/C20H31N5O3/c1-20(2,3)28-19(27)25-8-7-16(14-25)24-11-9-23(10-12-24)15-5-6-17(22-13-15)18(26)21-4/h5-6,13,16H,7-12,14H2,1-4H3,(H,21,26). The minimum Gasteiger partial charge on any atom is -0.444 e. The maximum atomic E-state index is 12.3. The van der Waals surface area contributed by atoms with Crippen molar-refractivity contribution in [3.63, 3.8) is 0 Å². The number of carbonyl (C=O) groups excluding carboxylic acids is 2. The lowest BCUT2D eigenvalue weighted by molar-refractivity contribution is 0.0279. The third-order valence-corrected chi connectivity index (χ3v) is 5.22. The second-order valence-electron chi connectivity index (χ2n) is 8.37. The van der Waals surface area contributed by atoms with Crippen molar-refractivity contribution in [1.82, 2.24) is 20.1 Å². The summed E-state index contributed by atoms with van der Waals surface area (Å²) in [5.74, 6) is -0.174. The van der Waals surface area contributed by atoms with Crippen molar-refractivity contribution in [3.05, 3.63) is 24.0 Å². The molecule has 1 aromatic rings. The summed E-state index contributed by atoms with van der Waals surface area (Å²) in [4.78, 5) is 34.7. The molecule has 1 aromatic heterocycles. The molecule has 3 heterocycles. The van der Waals surface area contributed by atoms with Crippen LogP contribution in [0, 0.1) is 0 Å². The summed E-state index contributed by atoms with van der Waals surface area (Å²) in [5.41, 5.74) is 1.01. The number of rotatable bonds is 3. The first-order chi connectivity index (χ1) is 13.3. The third-order valence-electron chi connectivity index (χ3n) is 5.22. The molecule has 1 unspecified atom stereocenters. The Labute approximate surface area is 166 Å². The zero-order chi connectivity index (χ0) is 20.3. The highest BCUT2D eigenvalue weighted by atomic mass is 16.6. The Morgan fingerprint density at radius 1 is 1.14 bits per heavy atom. The van der Waals surface area contributed by atoms with Gasteiger partial charge in [-0.25, -0.2) is 9.78 Å². The Morgan fingerprint density at radius 3 is 2.43 bits per heavy atom. The molecule has 8 heteroatoms. The van der Waals surface area contributed by atoms with Crippen LogP contribution >= 0.6 is 0 Å². The quantitative estimate of drug-likeness (QED) is 0.846. The average molecular weight is 390 g/mol. The number of aromatic nitrogens is 1. The van der Waals surface area contributed by atoms with Crippen molar-refractivity contribution in [3.8, 4) is 0 Å². The van der Waals surface area contributed by atoms with Gasteiger partial charge in [0.05, 0.1) is 11.9 Å². The first-order valence-corrected chi connectivity index (χ1v) is 9.92. The number of likely N-dealkylation sites (tertiary alicyclic amines) is 1. The first kappa shape index (κ1) is 20.4. The summed E-state index contributed by atoms with van der Waals surface area (Å²) in [6.45, 7) is 10.9. The fourth-order valence-corrected chi connectivity index (χ4v) is 3.71. The highest BCUT2D eigenvalue weighted by Gasteiger charge is 2.34. The maximum Gasteiger partial charge on any atom is 0.410 e. The van der Waals surface area contributed by atoms with Crippen molar-refractivity contribution in [2.45, 2.75) is 38.8 Å². The summed E-state index contributed by atoms with van der Waals surface area (Å²) >= 11 is 0. The minimum atomic E-state index is -0.456. The molecule has 0 bridgehead atoms. The largest absolute Gasteiger partial charge is 0.444 e. The SMILES string of the molecule is CNC(=O)c1ccc(N2CCN(C3CCN(C(=O)OC(C)(C)C)C3)CC2)cn1. The van der Waals surface area contributed by atoms with Crippen molar-refractivity contribution < 1.29 is 14.3 Å². The Kier molecular flexibility index (Phi) is 6.07. The van der Waals surface area contributed by atoms with E-state index in [1.807, 2.05) is 31.7 Å². The number of ether oxygens (including phenoxy) is 1. The number of carbonyl (C=O) groups is 2. The Bertz CT molecular complexity index is 693. The molecule has 154 valence electrons. The number of nitrogens with zero attached hydrogens (tertiary/aromatic N) is 4. The molecular weight excluding hydrogens is 358 g/mol. The van der Waals surface area contributed by atoms with Crippen LogP contribution in [0.1, 0.15) is 37.7 Å². The van der Waals surface area contributed by atoms with Crippen LogP contribution in [0.5, 0.6) is 0 Å². The van der Waals surface area contributed by atoms with E-state index in [2.05, 4.69) is 20.1 Å². The predicted molar refractivity (Wildman–Crippen MR) is 108 cm³/mol. The van der Waals surface area contributed by atoms with E-state index in [1.165, 1.54) is 0 Å². The second kappa shape index (κ2) is 8.34. The number of amides is 2. The van der Waals surface area contributed by atoms with Crippen molar-refractivity contribution >= 4 is 17.7 Å². The monoisotopic (exact) mass is 389 g/mol. The van der Waals surface area contributed by atoms with Crippen LogP contribution in [0.4, 0.5) is 10.5 Å². The summed E-state index contributed by atoms with van der Waals surface area (Å²) in [7, 11) is 1.60. The van der Waals surface area contributed by atoms with Gasteiger partial charge in [-0.05, 0) is 39.3 Å². The lowest BCUT2D eigenvalue weighted by atomic mass is 10.2. The van der Waals surface area contributed by atoms with E-state index in [1.54, 1.807) is 19.3 Å².